The van der Waals surface area contributed by atoms with Crippen LogP contribution in [0.3, 0.4) is 0 Å². The molecule has 1 aliphatic heterocycles. The van der Waals surface area contributed by atoms with Crippen LogP contribution in [0.25, 0.3) is 0 Å². The van der Waals surface area contributed by atoms with Crippen molar-refractivity contribution in [3.8, 4) is 0 Å². The maximum Gasteiger partial charge on any atom is 0.323 e. The maximum atomic E-state index is 12.3. The zero-order chi connectivity index (χ0) is 14.1. The molecular formula is C17H23NO2. The Morgan fingerprint density at radius 3 is 2.80 bits per heavy atom. The lowest BCUT2D eigenvalue weighted by atomic mass is 9.96. The van der Waals surface area contributed by atoms with Crippen LogP contribution in [-0.2, 0) is 9.53 Å². The first-order chi connectivity index (χ1) is 9.72. The van der Waals surface area contributed by atoms with Gasteiger partial charge in [-0.3, -0.25) is 9.69 Å². The van der Waals surface area contributed by atoms with Crippen LogP contribution in [0.1, 0.15) is 44.7 Å². The molecule has 0 spiro atoms. The molecule has 2 fully saturated rings. The number of hydrogen-bond acceptors (Lipinski definition) is 3. The molecule has 108 valence electrons. The average molecular weight is 273 g/mol. The fourth-order valence-corrected chi connectivity index (χ4v) is 4.02. The zero-order valence-corrected chi connectivity index (χ0v) is 12.3. The van der Waals surface area contributed by atoms with E-state index >= 15 is 0 Å². The van der Waals surface area contributed by atoms with Gasteiger partial charge in [-0.15, -0.1) is 0 Å². The van der Waals surface area contributed by atoms with Crippen molar-refractivity contribution < 1.29 is 9.53 Å². The topological polar surface area (TPSA) is 29.5 Å². The van der Waals surface area contributed by atoms with E-state index < -0.39 is 0 Å². The normalized spacial score (nSPS) is 30.4. The van der Waals surface area contributed by atoms with Crippen LogP contribution in [0.4, 0.5) is 0 Å². The predicted molar refractivity (Wildman–Crippen MR) is 78.2 cm³/mol. The zero-order valence-electron chi connectivity index (χ0n) is 12.3. The van der Waals surface area contributed by atoms with E-state index in [9.17, 15) is 4.79 Å². The van der Waals surface area contributed by atoms with Gasteiger partial charge in [0.15, 0.2) is 0 Å². The summed E-state index contributed by atoms with van der Waals surface area (Å²) in [7, 11) is 0. The predicted octanol–water partition coefficient (Wildman–Crippen LogP) is 3.16. The molecule has 0 N–H and O–H groups in total. The minimum Gasteiger partial charge on any atom is -0.465 e. The maximum absolute atomic E-state index is 12.3. The van der Waals surface area contributed by atoms with Crippen LogP contribution in [0.15, 0.2) is 30.3 Å². The van der Waals surface area contributed by atoms with Crippen molar-refractivity contribution in [2.24, 2.45) is 5.92 Å². The first kappa shape index (κ1) is 13.6. The minimum absolute atomic E-state index is 0.0255. The second-order valence-corrected chi connectivity index (χ2v) is 5.96. The van der Waals surface area contributed by atoms with Crippen LogP contribution in [0.2, 0.25) is 0 Å². The highest BCUT2D eigenvalue weighted by molar-refractivity contribution is 5.77. The number of hydrogen-bond donors (Lipinski definition) is 0. The summed E-state index contributed by atoms with van der Waals surface area (Å²) in [4.78, 5) is 14.7. The van der Waals surface area contributed by atoms with E-state index in [2.05, 4.69) is 36.1 Å². The number of fused-ring (bicyclic) bond motifs is 2. The molecule has 1 aliphatic carbocycles. The number of rotatable bonds is 4. The summed E-state index contributed by atoms with van der Waals surface area (Å²) in [5.74, 6) is 0.465. The smallest absolute Gasteiger partial charge is 0.323 e. The summed E-state index contributed by atoms with van der Waals surface area (Å²) in [6.45, 7) is 4.57. The molecule has 2 bridgehead atoms. The third-order valence-electron chi connectivity index (χ3n) is 4.89. The van der Waals surface area contributed by atoms with Crippen molar-refractivity contribution in [2.75, 3.05) is 6.61 Å². The molecule has 1 heterocycles. The molecule has 1 saturated heterocycles. The standard InChI is InChI=1S/C17H23NO2/c1-3-20-17(19)16-14-9-10-15(11-14)18(16)12(2)13-7-5-4-6-8-13/h4-8,12,14-16H,3,9-11H2,1-2H3/t12-,14-,15+,16-/m0/s1. The van der Waals surface area contributed by atoms with Gasteiger partial charge in [0, 0.05) is 12.1 Å². The Bertz CT molecular complexity index is 473. The van der Waals surface area contributed by atoms with Gasteiger partial charge in [-0.05, 0) is 44.6 Å². The molecule has 2 aliphatic rings. The first-order valence-electron chi connectivity index (χ1n) is 7.71. The van der Waals surface area contributed by atoms with Gasteiger partial charge < -0.3 is 4.74 Å². The van der Waals surface area contributed by atoms with Gasteiger partial charge in [-0.2, -0.15) is 0 Å². The van der Waals surface area contributed by atoms with Crippen LogP contribution in [0.5, 0.6) is 0 Å². The van der Waals surface area contributed by atoms with Crippen LogP contribution >= 0.6 is 0 Å². The van der Waals surface area contributed by atoms with Gasteiger partial charge in [-0.25, -0.2) is 0 Å². The fourth-order valence-electron chi connectivity index (χ4n) is 4.02. The highest BCUT2D eigenvalue weighted by atomic mass is 16.5. The Hall–Kier alpha value is -1.35. The van der Waals surface area contributed by atoms with Gasteiger partial charge in [-0.1, -0.05) is 30.3 Å². The van der Waals surface area contributed by atoms with Gasteiger partial charge in [0.2, 0.25) is 0 Å². The highest BCUT2D eigenvalue weighted by Gasteiger charge is 2.51. The van der Waals surface area contributed by atoms with E-state index in [1.165, 1.54) is 18.4 Å². The van der Waals surface area contributed by atoms with Crippen molar-refractivity contribution in [2.45, 2.75) is 51.2 Å². The molecule has 20 heavy (non-hydrogen) atoms. The summed E-state index contributed by atoms with van der Waals surface area (Å²) in [6.07, 6.45) is 3.55. The Balaban J connectivity index is 1.84. The van der Waals surface area contributed by atoms with Crippen molar-refractivity contribution >= 4 is 5.97 Å². The summed E-state index contributed by atoms with van der Waals surface area (Å²) < 4.78 is 5.31. The molecule has 0 amide bonds. The number of piperidine rings is 1. The molecule has 3 rings (SSSR count). The molecule has 1 aromatic rings. The van der Waals surface area contributed by atoms with Gasteiger partial charge in [0.1, 0.15) is 6.04 Å². The second-order valence-electron chi connectivity index (χ2n) is 5.96. The molecular weight excluding hydrogens is 250 g/mol. The molecule has 0 radical (unpaired) electrons. The van der Waals surface area contributed by atoms with Crippen molar-refractivity contribution in [1.29, 1.82) is 0 Å². The number of nitrogens with zero attached hydrogens (tertiary/aromatic N) is 1. The van der Waals surface area contributed by atoms with E-state index in [-0.39, 0.29) is 18.1 Å². The van der Waals surface area contributed by atoms with E-state index in [0.29, 0.717) is 18.6 Å². The third-order valence-corrected chi connectivity index (χ3v) is 4.89. The largest absolute Gasteiger partial charge is 0.465 e. The van der Waals surface area contributed by atoms with E-state index in [4.69, 9.17) is 4.74 Å². The molecule has 3 nitrogen and oxygen atoms in total. The molecule has 3 heteroatoms. The van der Waals surface area contributed by atoms with Gasteiger partial charge >= 0.3 is 5.97 Å². The number of carbonyl (C=O) groups excluding carboxylic acids is 1. The van der Waals surface area contributed by atoms with Crippen molar-refractivity contribution in [1.82, 2.24) is 4.90 Å². The molecule has 1 saturated carbocycles. The summed E-state index contributed by atoms with van der Waals surface area (Å²) in [6, 6.07) is 11.3. The molecule has 4 atom stereocenters. The monoisotopic (exact) mass is 273 g/mol. The number of likely N-dealkylation sites (tertiary alicyclic amines) is 1. The van der Waals surface area contributed by atoms with Crippen molar-refractivity contribution in [3.05, 3.63) is 35.9 Å². The Morgan fingerprint density at radius 2 is 2.10 bits per heavy atom. The number of carbonyl (C=O) groups is 1. The lowest BCUT2D eigenvalue weighted by molar-refractivity contribution is -0.152. The Kier molecular flexibility index (Phi) is 3.79. The summed E-state index contributed by atoms with van der Waals surface area (Å²) in [5.41, 5.74) is 1.29. The quantitative estimate of drug-likeness (QED) is 0.789. The average Bonchev–Trinajstić information content (AvgIpc) is 3.08. The molecule has 0 aromatic heterocycles. The number of esters is 1. The lowest BCUT2D eigenvalue weighted by Crippen LogP contribution is -2.47. The first-order valence-corrected chi connectivity index (χ1v) is 7.71. The Morgan fingerprint density at radius 1 is 1.35 bits per heavy atom. The molecule has 0 unspecified atom stereocenters. The summed E-state index contributed by atoms with van der Waals surface area (Å²) >= 11 is 0. The van der Waals surface area contributed by atoms with Crippen LogP contribution in [-0.4, -0.2) is 29.6 Å². The van der Waals surface area contributed by atoms with E-state index in [1.807, 2.05) is 13.0 Å². The van der Waals surface area contributed by atoms with E-state index in [0.717, 1.165) is 6.42 Å². The van der Waals surface area contributed by atoms with Gasteiger partial charge in [0.05, 0.1) is 6.61 Å². The lowest BCUT2D eigenvalue weighted by Gasteiger charge is -2.38. The van der Waals surface area contributed by atoms with Crippen LogP contribution < -0.4 is 0 Å². The third kappa shape index (κ3) is 2.24. The van der Waals surface area contributed by atoms with E-state index in [1.54, 1.807) is 0 Å². The van der Waals surface area contributed by atoms with Crippen LogP contribution in [0, 0.1) is 5.92 Å². The molecule has 1 aromatic carbocycles. The minimum atomic E-state index is -0.0380. The second kappa shape index (κ2) is 5.57. The van der Waals surface area contributed by atoms with Gasteiger partial charge in [0.25, 0.3) is 0 Å². The fraction of sp³-hybridized carbons (Fsp3) is 0.588. The van der Waals surface area contributed by atoms with Crippen molar-refractivity contribution in [3.63, 3.8) is 0 Å². The summed E-state index contributed by atoms with van der Waals surface area (Å²) in [5, 5.41) is 0. The Labute approximate surface area is 120 Å². The highest BCUT2D eigenvalue weighted by Crippen LogP contribution is 2.46. The number of ether oxygens (including phenoxy) is 1. The number of benzene rings is 1. The SMILES string of the molecule is CCOC(=O)[C@@H]1[C@H]2CC[C@H](C2)N1[C@@H](C)c1ccccc1.